The lowest BCUT2D eigenvalue weighted by molar-refractivity contribution is 0.0213. The first-order valence-corrected chi connectivity index (χ1v) is 7.55. The molecule has 1 amide bonds. The van der Waals surface area contributed by atoms with E-state index in [4.69, 9.17) is 4.74 Å². The zero-order chi connectivity index (χ0) is 15.5. The smallest absolute Gasteiger partial charge is 0.410 e. The van der Waals surface area contributed by atoms with E-state index in [2.05, 4.69) is 22.9 Å². The molecule has 2 heterocycles. The van der Waals surface area contributed by atoms with E-state index in [1.54, 1.807) is 6.20 Å². The number of carbonyl (C=O) groups is 1. The fourth-order valence-electron chi connectivity index (χ4n) is 2.56. The maximum Gasteiger partial charge on any atom is 0.410 e. The number of anilines is 1. The van der Waals surface area contributed by atoms with Gasteiger partial charge in [0.2, 0.25) is 0 Å². The van der Waals surface area contributed by atoms with Gasteiger partial charge in [0.15, 0.2) is 0 Å². The predicted octanol–water partition coefficient (Wildman–Crippen LogP) is 2.92. The molecule has 1 saturated heterocycles. The first-order chi connectivity index (χ1) is 9.90. The molecule has 0 saturated carbocycles. The van der Waals surface area contributed by atoms with E-state index in [-0.39, 0.29) is 6.09 Å². The highest BCUT2D eigenvalue weighted by Gasteiger charge is 2.31. The largest absolute Gasteiger partial charge is 0.444 e. The first kappa shape index (κ1) is 15.6. The highest BCUT2D eigenvalue weighted by molar-refractivity contribution is 5.68. The van der Waals surface area contributed by atoms with Crippen LogP contribution in [0.1, 0.15) is 34.1 Å². The molecule has 5 nitrogen and oxygen atoms in total. The third kappa shape index (κ3) is 4.09. The van der Waals surface area contributed by atoms with Crippen LogP contribution < -0.4 is 4.90 Å². The molecule has 1 aromatic rings. The maximum atomic E-state index is 12.2. The molecule has 0 unspecified atom stereocenters. The van der Waals surface area contributed by atoms with Crippen molar-refractivity contribution >= 4 is 11.8 Å². The van der Waals surface area contributed by atoms with Gasteiger partial charge < -0.3 is 14.5 Å². The summed E-state index contributed by atoms with van der Waals surface area (Å²) in [6.45, 7) is 10.0. The lowest BCUT2D eigenvalue weighted by Crippen LogP contribution is -2.55. The molecule has 0 aromatic carbocycles. The van der Waals surface area contributed by atoms with Gasteiger partial charge in [-0.15, -0.1) is 0 Å². The molecule has 0 N–H and O–H groups in total. The van der Waals surface area contributed by atoms with Crippen LogP contribution in [0.2, 0.25) is 0 Å². The van der Waals surface area contributed by atoms with Crippen molar-refractivity contribution in [3.8, 4) is 0 Å². The number of nitrogens with zero attached hydrogens (tertiary/aromatic N) is 3. The third-order valence-electron chi connectivity index (χ3n) is 3.58. The summed E-state index contributed by atoms with van der Waals surface area (Å²) in [6, 6.07) is 4.32. The zero-order valence-electron chi connectivity index (χ0n) is 13.4. The van der Waals surface area contributed by atoms with Gasteiger partial charge in [-0.05, 0) is 39.3 Å². The van der Waals surface area contributed by atoms with Crippen LogP contribution in [-0.4, -0.2) is 47.3 Å². The number of amides is 1. The highest BCUT2D eigenvalue weighted by Crippen LogP contribution is 2.22. The maximum absolute atomic E-state index is 12.2. The number of pyridine rings is 1. The Bertz CT molecular complexity index is 470. The minimum atomic E-state index is -0.445. The Kier molecular flexibility index (Phi) is 4.70. The van der Waals surface area contributed by atoms with E-state index in [0.717, 1.165) is 18.7 Å². The van der Waals surface area contributed by atoms with Crippen LogP contribution in [-0.2, 0) is 4.74 Å². The number of piperazine rings is 1. The van der Waals surface area contributed by atoms with Crippen LogP contribution in [0.3, 0.4) is 0 Å². The Balaban J connectivity index is 2.03. The molecular weight excluding hydrogens is 266 g/mol. The van der Waals surface area contributed by atoms with Crippen LogP contribution in [0.5, 0.6) is 0 Å². The van der Waals surface area contributed by atoms with Gasteiger partial charge in [-0.25, -0.2) is 4.79 Å². The van der Waals surface area contributed by atoms with E-state index in [1.165, 1.54) is 0 Å². The Hall–Kier alpha value is -1.78. The molecule has 1 aliphatic heterocycles. The highest BCUT2D eigenvalue weighted by atomic mass is 16.6. The summed E-state index contributed by atoms with van der Waals surface area (Å²) in [5.41, 5.74) is 0.674. The minimum absolute atomic E-state index is 0.216. The van der Waals surface area contributed by atoms with Crippen LogP contribution in [0.25, 0.3) is 0 Å². The van der Waals surface area contributed by atoms with Gasteiger partial charge in [-0.3, -0.25) is 4.98 Å². The summed E-state index contributed by atoms with van der Waals surface area (Å²) < 4.78 is 5.47. The van der Waals surface area contributed by atoms with E-state index >= 15 is 0 Å². The Morgan fingerprint density at radius 3 is 2.76 bits per heavy atom. The quantitative estimate of drug-likeness (QED) is 0.840. The number of carbonyl (C=O) groups excluding carboxylic acids is 1. The number of aromatic nitrogens is 1. The number of rotatable bonds is 2. The second-order valence-corrected chi connectivity index (χ2v) is 6.39. The number of ether oxygens (including phenoxy) is 1. The van der Waals surface area contributed by atoms with Crippen molar-refractivity contribution in [2.75, 3.05) is 24.5 Å². The van der Waals surface area contributed by atoms with Gasteiger partial charge in [0, 0.05) is 31.9 Å². The van der Waals surface area contributed by atoms with Crippen molar-refractivity contribution in [3.63, 3.8) is 0 Å². The molecule has 0 radical (unpaired) electrons. The van der Waals surface area contributed by atoms with E-state index in [0.29, 0.717) is 19.1 Å². The summed E-state index contributed by atoms with van der Waals surface area (Å²) in [6.07, 6.45) is 4.42. The second-order valence-electron chi connectivity index (χ2n) is 6.39. The van der Waals surface area contributed by atoms with Crippen LogP contribution in [0, 0.1) is 0 Å². The standard InChI is InChI=1S/C16H25N3O2/c1-5-13-12-18(15(20)21-16(2,3)4)9-10-19(13)14-7-6-8-17-11-14/h6-8,11,13H,5,9-10,12H2,1-4H3/t13-/m0/s1. The van der Waals surface area contributed by atoms with Gasteiger partial charge >= 0.3 is 6.09 Å². The van der Waals surface area contributed by atoms with Crippen molar-refractivity contribution in [1.82, 2.24) is 9.88 Å². The molecular formula is C16H25N3O2. The zero-order valence-corrected chi connectivity index (χ0v) is 13.4. The predicted molar refractivity (Wildman–Crippen MR) is 83.5 cm³/mol. The van der Waals surface area contributed by atoms with Gasteiger partial charge in [0.25, 0.3) is 0 Å². The summed E-state index contributed by atoms with van der Waals surface area (Å²) in [7, 11) is 0. The van der Waals surface area contributed by atoms with E-state index in [9.17, 15) is 4.79 Å². The minimum Gasteiger partial charge on any atom is -0.444 e. The molecule has 1 aliphatic rings. The third-order valence-corrected chi connectivity index (χ3v) is 3.58. The van der Waals surface area contributed by atoms with E-state index < -0.39 is 5.60 Å². The molecule has 1 aromatic heterocycles. The van der Waals surface area contributed by atoms with Crippen molar-refractivity contribution in [2.45, 2.75) is 45.8 Å². The molecule has 2 rings (SSSR count). The van der Waals surface area contributed by atoms with Crippen molar-refractivity contribution in [3.05, 3.63) is 24.5 Å². The van der Waals surface area contributed by atoms with Crippen LogP contribution in [0.4, 0.5) is 10.5 Å². The molecule has 1 fully saturated rings. The lowest BCUT2D eigenvalue weighted by atomic mass is 10.1. The average Bonchev–Trinajstić information content (AvgIpc) is 2.45. The number of hydrogen-bond donors (Lipinski definition) is 0. The topological polar surface area (TPSA) is 45.7 Å². The molecule has 21 heavy (non-hydrogen) atoms. The molecule has 5 heteroatoms. The Morgan fingerprint density at radius 2 is 2.19 bits per heavy atom. The lowest BCUT2D eigenvalue weighted by Gasteiger charge is -2.42. The van der Waals surface area contributed by atoms with Gasteiger partial charge in [-0.1, -0.05) is 6.92 Å². The number of hydrogen-bond acceptors (Lipinski definition) is 4. The van der Waals surface area contributed by atoms with Crippen molar-refractivity contribution < 1.29 is 9.53 Å². The van der Waals surface area contributed by atoms with Gasteiger partial charge in [-0.2, -0.15) is 0 Å². The average molecular weight is 291 g/mol. The summed E-state index contributed by atoms with van der Waals surface area (Å²) in [4.78, 5) is 20.5. The van der Waals surface area contributed by atoms with Gasteiger partial charge in [0.1, 0.15) is 5.60 Å². The molecule has 0 spiro atoms. The monoisotopic (exact) mass is 291 g/mol. The van der Waals surface area contributed by atoms with Crippen molar-refractivity contribution in [2.24, 2.45) is 0 Å². The normalized spacial score (nSPS) is 19.5. The van der Waals surface area contributed by atoms with Crippen LogP contribution in [0.15, 0.2) is 24.5 Å². The Labute approximate surface area is 126 Å². The fraction of sp³-hybridized carbons (Fsp3) is 0.625. The Morgan fingerprint density at radius 1 is 1.43 bits per heavy atom. The second kappa shape index (κ2) is 6.33. The van der Waals surface area contributed by atoms with Crippen molar-refractivity contribution in [1.29, 1.82) is 0 Å². The molecule has 0 bridgehead atoms. The summed E-state index contributed by atoms with van der Waals surface area (Å²) in [5.74, 6) is 0. The first-order valence-electron chi connectivity index (χ1n) is 7.55. The molecule has 116 valence electrons. The molecule has 1 atom stereocenters. The van der Waals surface area contributed by atoms with Crippen LogP contribution >= 0.6 is 0 Å². The SMILES string of the molecule is CC[C@H]1CN(C(=O)OC(C)(C)C)CCN1c1cccnc1. The van der Waals surface area contributed by atoms with Gasteiger partial charge in [0.05, 0.1) is 11.9 Å². The summed E-state index contributed by atoms with van der Waals surface area (Å²) in [5, 5.41) is 0. The van der Waals surface area contributed by atoms with E-state index in [1.807, 2.05) is 37.9 Å². The summed E-state index contributed by atoms with van der Waals surface area (Å²) >= 11 is 0. The molecule has 0 aliphatic carbocycles. The fourth-order valence-corrected chi connectivity index (χ4v) is 2.56.